The first-order valence-electron chi connectivity index (χ1n) is 5.06. The third-order valence-corrected chi connectivity index (χ3v) is 2.05. The van der Waals surface area contributed by atoms with E-state index in [-0.39, 0.29) is 19.6 Å². The molecule has 0 aliphatic carbocycles. The van der Waals surface area contributed by atoms with Crippen molar-refractivity contribution in [3.8, 4) is 0 Å². The summed E-state index contributed by atoms with van der Waals surface area (Å²) >= 11 is 0. The van der Waals surface area contributed by atoms with Crippen LogP contribution in [0, 0.1) is 6.92 Å². The minimum atomic E-state index is -1.06. The Bertz CT molecular complexity index is 404. The Morgan fingerprint density at radius 2 is 1.82 bits per heavy atom. The van der Waals surface area contributed by atoms with Crippen LogP contribution in [0.2, 0.25) is 0 Å². The van der Waals surface area contributed by atoms with Crippen LogP contribution in [-0.4, -0.2) is 45.1 Å². The molecule has 0 amide bonds. The molecule has 0 bridgehead atoms. The van der Waals surface area contributed by atoms with Gasteiger partial charge < -0.3 is 10.2 Å². The van der Waals surface area contributed by atoms with Gasteiger partial charge in [-0.05, 0) is 19.1 Å². The molecule has 0 aliphatic rings. The van der Waals surface area contributed by atoms with Crippen LogP contribution < -0.4 is 0 Å². The zero-order chi connectivity index (χ0) is 12.8. The monoisotopic (exact) mass is 238 g/mol. The maximum absolute atomic E-state index is 10.6. The van der Waals surface area contributed by atoms with Crippen molar-refractivity contribution in [3.63, 3.8) is 0 Å². The van der Waals surface area contributed by atoms with Crippen LogP contribution in [0.3, 0.4) is 0 Å². The van der Waals surface area contributed by atoms with E-state index < -0.39 is 11.9 Å². The number of nitrogens with zero attached hydrogens (tertiary/aromatic N) is 2. The zero-order valence-electron chi connectivity index (χ0n) is 9.46. The number of rotatable bonds is 6. The Morgan fingerprint density at radius 1 is 1.24 bits per heavy atom. The summed E-state index contributed by atoms with van der Waals surface area (Å²) in [5.41, 5.74) is 1.47. The maximum Gasteiger partial charge on any atom is 0.317 e. The molecule has 17 heavy (non-hydrogen) atoms. The molecule has 0 unspecified atom stereocenters. The first-order valence-corrected chi connectivity index (χ1v) is 5.06. The van der Waals surface area contributed by atoms with E-state index in [1.807, 2.05) is 13.0 Å². The second-order valence-electron chi connectivity index (χ2n) is 3.70. The molecule has 1 aromatic rings. The lowest BCUT2D eigenvalue weighted by Crippen LogP contribution is -2.34. The molecule has 2 N–H and O–H groups in total. The van der Waals surface area contributed by atoms with Gasteiger partial charge in [0, 0.05) is 12.2 Å². The number of carbonyl (C=O) groups is 2. The van der Waals surface area contributed by atoms with Gasteiger partial charge in [-0.2, -0.15) is 0 Å². The lowest BCUT2D eigenvalue weighted by atomic mass is 10.3. The van der Waals surface area contributed by atoms with Gasteiger partial charge in [0.15, 0.2) is 0 Å². The summed E-state index contributed by atoms with van der Waals surface area (Å²) in [7, 11) is 0. The molecule has 0 radical (unpaired) electrons. The lowest BCUT2D eigenvalue weighted by Gasteiger charge is -2.17. The lowest BCUT2D eigenvalue weighted by molar-refractivity contribution is -0.142. The highest BCUT2D eigenvalue weighted by molar-refractivity contribution is 5.72. The van der Waals surface area contributed by atoms with Crippen molar-refractivity contribution >= 4 is 11.9 Å². The number of pyridine rings is 1. The molecule has 6 heteroatoms. The minimum absolute atomic E-state index is 0.209. The summed E-state index contributed by atoms with van der Waals surface area (Å²) in [6.45, 7) is 1.40. The molecule has 0 fully saturated rings. The van der Waals surface area contributed by atoms with E-state index in [9.17, 15) is 9.59 Å². The summed E-state index contributed by atoms with van der Waals surface area (Å²) < 4.78 is 0. The maximum atomic E-state index is 10.6. The number of aryl methyl sites for hydroxylation is 1. The molecule has 6 nitrogen and oxygen atoms in total. The van der Waals surface area contributed by atoms with Crippen molar-refractivity contribution < 1.29 is 19.8 Å². The molecule has 92 valence electrons. The summed E-state index contributed by atoms with van der Waals surface area (Å²) in [5.74, 6) is -2.11. The predicted octanol–water partition coefficient (Wildman–Crippen LogP) is 0.361. The summed E-state index contributed by atoms with van der Waals surface area (Å²) in [6.07, 6.45) is 0. The zero-order valence-corrected chi connectivity index (χ0v) is 9.46. The Labute approximate surface area is 98.5 Å². The third-order valence-electron chi connectivity index (χ3n) is 2.05. The number of aromatic nitrogens is 1. The van der Waals surface area contributed by atoms with Gasteiger partial charge in [0.05, 0.1) is 18.8 Å². The van der Waals surface area contributed by atoms with Crippen LogP contribution in [0.1, 0.15) is 11.4 Å². The standard InChI is InChI=1S/C11H14N2O4/c1-8-3-2-4-9(12-8)5-13(6-10(14)15)7-11(16)17/h2-4H,5-7H2,1H3,(H,14,15)(H,16,17). The molecule has 0 saturated carbocycles. The molecule has 1 heterocycles. The second kappa shape index (κ2) is 5.95. The van der Waals surface area contributed by atoms with Crippen LogP contribution in [0.4, 0.5) is 0 Å². The number of aliphatic carboxylic acids is 2. The first kappa shape index (κ1) is 13.1. The van der Waals surface area contributed by atoms with Crippen molar-refractivity contribution in [2.75, 3.05) is 13.1 Å². The third kappa shape index (κ3) is 5.07. The van der Waals surface area contributed by atoms with Gasteiger partial charge in [-0.1, -0.05) is 6.07 Å². The van der Waals surface area contributed by atoms with Crippen LogP contribution in [0.25, 0.3) is 0 Å². The molecule has 0 atom stereocenters. The van der Waals surface area contributed by atoms with E-state index in [2.05, 4.69) is 4.98 Å². The van der Waals surface area contributed by atoms with Crippen LogP contribution in [0.15, 0.2) is 18.2 Å². The highest BCUT2D eigenvalue weighted by atomic mass is 16.4. The molecule has 0 spiro atoms. The average Bonchev–Trinajstić information content (AvgIpc) is 2.14. The number of hydrogen-bond acceptors (Lipinski definition) is 4. The van der Waals surface area contributed by atoms with Crippen molar-refractivity contribution in [2.45, 2.75) is 13.5 Å². The van der Waals surface area contributed by atoms with Crippen molar-refractivity contribution in [1.29, 1.82) is 0 Å². The topological polar surface area (TPSA) is 90.7 Å². The molecule has 1 aromatic heterocycles. The molecular weight excluding hydrogens is 224 g/mol. The Hall–Kier alpha value is -1.95. The van der Waals surface area contributed by atoms with E-state index in [1.165, 1.54) is 4.90 Å². The van der Waals surface area contributed by atoms with E-state index in [0.717, 1.165) is 5.69 Å². The molecule has 0 aromatic carbocycles. The Morgan fingerprint density at radius 3 is 2.29 bits per heavy atom. The van der Waals surface area contributed by atoms with Crippen molar-refractivity contribution in [3.05, 3.63) is 29.6 Å². The average molecular weight is 238 g/mol. The van der Waals surface area contributed by atoms with Gasteiger partial charge in [-0.25, -0.2) is 0 Å². The molecule has 0 aliphatic heterocycles. The minimum Gasteiger partial charge on any atom is -0.480 e. The van der Waals surface area contributed by atoms with Gasteiger partial charge in [0.25, 0.3) is 0 Å². The second-order valence-corrected chi connectivity index (χ2v) is 3.70. The molecule has 0 saturated heterocycles. The number of carboxylic acids is 2. The fraction of sp³-hybridized carbons (Fsp3) is 0.364. The van der Waals surface area contributed by atoms with Crippen LogP contribution in [0.5, 0.6) is 0 Å². The quantitative estimate of drug-likeness (QED) is 0.743. The van der Waals surface area contributed by atoms with E-state index in [4.69, 9.17) is 10.2 Å². The van der Waals surface area contributed by atoms with Gasteiger partial charge in [0.1, 0.15) is 0 Å². The summed E-state index contributed by atoms with van der Waals surface area (Å²) in [4.78, 5) is 26.7. The fourth-order valence-corrected chi connectivity index (χ4v) is 1.47. The molecule has 1 rings (SSSR count). The van der Waals surface area contributed by atoms with E-state index in [1.54, 1.807) is 12.1 Å². The van der Waals surface area contributed by atoms with Gasteiger partial charge in [-0.3, -0.25) is 19.5 Å². The highest BCUT2D eigenvalue weighted by Gasteiger charge is 2.14. The smallest absolute Gasteiger partial charge is 0.317 e. The number of hydrogen-bond donors (Lipinski definition) is 2. The molecular formula is C11H14N2O4. The normalized spacial score (nSPS) is 10.5. The van der Waals surface area contributed by atoms with Gasteiger partial charge in [0.2, 0.25) is 0 Å². The van der Waals surface area contributed by atoms with Crippen LogP contribution in [-0.2, 0) is 16.1 Å². The Kier molecular flexibility index (Phi) is 4.59. The fourth-order valence-electron chi connectivity index (χ4n) is 1.47. The SMILES string of the molecule is Cc1cccc(CN(CC(=O)O)CC(=O)O)n1. The largest absolute Gasteiger partial charge is 0.480 e. The van der Waals surface area contributed by atoms with Crippen molar-refractivity contribution in [1.82, 2.24) is 9.88 Å². The predicted molar refractivity (Wildman–Crippen MR) is 59.5 cm³/mol. The number of carboxylic acid groups (broad SMARTS) is 2. The Balaban J connectivity index is 2.71. The van der Waals surface area contributed by atoms with Gasteiger partial charge >= 0.3 is 11.9 Å². The summed E-state index contributed by atoms with van der Waals surface area (Å²) in [5, 5.41) is 17.3. The van der Waals surface area contributed by atoms with Crippen molar-refractivity contribution in [2.24, 2.45) is 0 Å². The van der Waals surface area contributed by atoms with Crippen LogP contribution >= 0.6 is 0 Å². The summed E-state index contributed by atoms with van der Waals surface area (Å²) in [6, 6.07) is 5.36. The highest BCUT2D eigenvalue weighted by Crippen LogP contribution is 2.03. The first-order chi connectivity index (χ1) is 7.97. The van der Waals surface area contributed by atoms with E-state index in [0.29, 0.717) is 5.69 Å². The van der Waals surface area contributed by atoms with E-state index >= 15 is 0 Å². The van der Waals surface area contributed by atoms with Gasteiger partial charge in [-0.15, -0.1) is 0 Å².